The number of thiazole rings is 1. The second-order valence-corrected chi connectivity index (χ2v) is 5.17. The predicted molar refractivity (Wildman–Crippen MR) is 75.5 cm³/mol. The molecule has 1 amide bonds. The summed E-state index contributed by atoms with van der Waals surface area (Å²) in [6.45, 7) is 0.510. The highest BCUT2D eigenvalue weighted by atomic mass is 32.1. The maximum Gasteiger partial charge on any atom is 0.269 e. The third-order valence-electron chi connectivity index (χ3n) is 2.99. The maximum atomic E-state index is 12.8. The van der Waals surface area contributed by atoms with E-state index < -0.39 is 0 Å². The van der Waals surface area contributed by atoms with Gasteiger partial charge < -0.3 is 5.32 Å². The number of nitrogens with zero attached hydrogens (tertiary/aromatic N) is 2. The summed E-state index contributed by atoms with van der Waals surface area (Å²) in [7, 11) is 0. The van der Waals surface area contributed by atoms with Gasteiger partial charge in [-0.3, -0.25) is 9.20 Å². The third-order valence-corrected chi connectivity index (χ3v) is 3.84. The summed E-state index contributed by atoms with van der Waals surface area (Å²) in [5, 5.41) is 4.64. The van der Waals surface area contributed by atoms with Crippen LogP contribution in [0, 0.1) is 5.82 Å². The molecule has 0 saturated heterocycles. The zero-order valence-corrected chi connectivity index (χ0v) is 11.4. The average molecular weight is 289 g/mol. The van der Waals surface area contributed by atoms with Crippen LogP contribution in [0.1, 0.15) is 16.1 Å². The summed E-state index contributed by atoms with van der Waals surface area (Å²) in [5.41, 5.74) is 1.58. The molecule has 3 aromatic rings. The van der Waals surface area contributed by atoms with Gasteiger partial charge in [0, 0.05) is 24.3 Å². The van der Waals surface area contributed by atoms with E-state index in [2.05, 4.69) is 10.3 Å². The first-order valence-corrected chi connectivity index (χ1v) is 7.05. The number of benzene rings is 1. The average Bonchev–Trinajstić information content (AvgIpc) is 3.03. The Morgan fingerprint density at radius 1 is 1.35 bits per heavy atom. The van der Waals surface area contributed by atoms with Crippen molar-refractivity contribution < 1.29 is 9.18 Å². The molecule has 0 bridgehead atoms. The molecule has 4 nitrogen and oxygen atoms in total. The van der Waals surface area contributed by atoms with Crippen molar-refractivity contribution in [2.75, 3.05) is 6.54 Å². The Morgan fingerprint density at radius 2 is 2.15 bits per heavy atom. The summed E-state index contributed by atoms with van der Waals surface area (Å²) in [4.78, 5) is 17.0. The molecule has 0 saturated carbocycles. The molecule has 2 aromatic heterocycles. The minimum atomic E-state index is -0.251. The van der Waals surface area contributed by atoms with Crippen molar-refractivity contribution in [3.63, 3.8) is 0 Å². The highest BCUT2D eigenvalue weighted by Gasteiger charge is 2.11. The maximum absolute atomic E-state index is 12.8. The SMILES string of the molecule is O=C(NCCc1ccc(F)cc1)c1csc2nccn12. The second-order valence-electron chi connectivity index (χ2n) is 4.33. The first kappa shape index (κ1) is 12.8. The van der Waals surface area contributed by atoms with E-state index in [1.165, 1.54) is 23.5 Å². The highest BCUT2D eigenvalue weighted by molar-refractivity contribution is 7.15. The van der Waals surface area contributed by atoms with Crippen LogP contribution in [0.3, 0.4) is 0 Å². The van der Waals surface area contributed by atoms with E-state index in [-0.39, 0.29) is 11.7 Å². The van der Waals surface area contributed by atoms with Gasteiger partial charge in [-0.25, -0.2) is 9.37 Å². The first-order valence-electron chi connectivity index (χ1n) is 6.17. The normalized spacial score (nSPS) is 10.8. The molecule has 0 atom stereocenters. The van der Waals surface area contributed by atoms with Crippen LogP contribution in [-0.2, 0) is 6.42 Å². The lowest BCUT2D eigenvalue weighted by Gasteiger charge is -2.04. The Balaban J connectivity index is 1.60. The monoisotopic (exact) mass is 289 g/mol. The molecule has 0 aliphatic carbocycles. The van der Waals surface area contributed by atoms with Gasteiger partial charge in [0.2, 0.25) is 0 Å². The van der Waals surface area contributed by atoms with Crippen molar-refractivity contribution in [1.82, 2.24) is 14.7 Å². The van der Waals surface area contributed by atoms with Crippen molar-refractivity contribution in [2.45, 2.75) is 6.42 Å². The number of hydrogen-bond acceptors (Lipinski definition) is 3. The largest absolute Gasteiger partial charge is 0.350 e. The number of aromatic nitrogens is 2. The predicted octanol–water partition coefficient (Wildman–Crippen LogP) is 2.51. The minimum absolute atomic E-state index is 0.128. The fraction of sp³-hybridized carbons (Fsp3) is 0.143. The van der Waals surface area contributed by atoms with Gasteiger partial charge in [0.05, 0.1) is 0 Å². The van der Waals surface area contributed by atoms with Crippen molar-refractivity contribution in [3.05, 3.63) is 59.1 Å². The molecule has 1 N–H and O–H groups in total. The number of rotatable bonds is 4. The molecule has 102 valence electrons. The van der Waals surface area contributed by atoms with Crippen molar-refractivity contribution in [1.29, 1.82) is 0 Å². The van der Waals surface area contributed by atoms with Gasteiger partial charge >= 0.3 is 0 Å². The summed E-state index contributed by atoms with van der Waals surface area (Å²) in [5.74, 6) is -0.380. The van der Waals surface area contributed by atoms with Gasteiger partial charge in [-0.05, 0) is 24.1 Å². The molecule has 0 aliphatic rings. The molecule has 2 heterocycles. The van der Waals surface area contributed by atoms with Crippen molar-refractivity contribution in [3.8, 4) is 0 Å². The number of fused-ring (bicyclic) bond motifs is 1. The standard InChI is InChI=1S/C14H12FN3OS/c15-11-3-1-10(2-4-11)5-6-16-13(19)12-9-20-14-17-7-8-18(12)14/h1-4,7-9H,5-6H2,(H,16,19). The molecular formula is C14H12FN3OS. The highest BCUT2D eigenvalue weighted by Crippen LogP contribution is 2.14. The van der Waals surface area contributed by atoms with E-state index in [9.17, 15) is 9.18 Å². The van der Waals surface area contributed by atoms with Crippen LogP contribution in [-0.4, -0.2) is 21.8 Å². The van der Waals surface area contributed by atoms with E-state index in [0.717, 1.165) is 10.5 Å². The number of nitrogens with one attached hydrogen (secondary N) is 1. The van der Waals surface area contributed by atoms with Crippen molar-refractivity contribution >= 4 is 22.2 Å². The lowest BCUT2D eigenvalue weighted by Crippen LogP contribution is -2.26. The van der Waals surface area contributed by atoms with Gasteiger partial charge in [-0.1, -0.05) is 12.1 Å². The molecule has 0 fully saturated rings. The lowest BCUT2D eigenvalue weighted by atomic mass is 10.1. The number of carbonyl (C=O) groups excluding carboxylic acids is 1. The van der Waals surface area contributed by atoms with Gasteiger partial charge in [0.1, 0.15) is 11.5 Å². The number of halogens is 1. The fourth-order valence-electron chi connectivity index (χ4n) is 1.95. The van der Waals surface area contributed by atoms with Crippen LogP contribution < -0.4 is 5.32 Å². The fourth-order valence-corrected chi connectivity index (χ4v) is 2.78. The van der Waals surface area contributed by atoms with E-state index in [1.807, 2.05) is 0 Å². The quantitative estimate of drug-likeness (QED) is 0.802. The van der Waals surface area contributed by atoms with E-state index in [0.29, 0.717) is 18.7 Å². The van der Waals surface area contributed by atoms with Gasteiger partial charge in [0.15, 0.2) is 4.96 Å². The van der Waals surface area contributed by atoms with Gasteiger partial charge in [-0.2, -0.15) is 0 Å². The Morgan fingerprint density at radius 3 is 2.95 bits per heavy atom. The zero-order chi connectivity index (χ0) is 13.9. The molecule has 6 heteroatoms. The molecule has 0 radical (unpaired) electrons. The molecule has 0 spiro atoms. The number of amides is 1. The second kappa shape index (κ2) is 5.42. The zero-order valence-electron chi connectivity index (χ0n) is 10.5. The van der Waals surface area contributed by atoms with Gasteiger partial charge in [-0.15, -0.1) is 11.3 Å². The molecule has 0 unspecified atom stereocenters. The summed E-state index contributed by atoms with van der Waals surface area (Å²) in [6, 6.07) is 6.29. The van der Waals surface area contributed by atoms with Crippen LogP contribution in [0.25, 0.3) is 4.96 Å². The Hall–Kier alpha value is -2.21. The summed E-state index contributed by atoms with van der Waals surface area (Å²) >= 11 is 1.43. The molecule has 1 aromatic carbocycles. The molecule has 3 rings (SSSR count). The molecule has 20 heavy (non-hydrogen) atoms. The Kier molecular flexibility index (Phi) is 3.47. The minimum Gasteiger partial charge on any atom is -0.350 e. The number of carbonyl (C=O) groups is 1. The smallest absolute Gasteiger partial charge is 0.269 e. The topological polar surface area (TPSA) is 46.4 Å². The van der Waals surface area contributed by atoms with Crippen LogP contribution in [0.5, 0.6) is 0 Å². The first-order chi connectivity index (χ1) is 9.74. The van der Waals surface area contributed by atoms with E-state index >= 15 is 0 Å². The van der Waals surface area contributed by atoms with Crippen LogP contribution in [0.2, 0.25) is 0 Å². The van der Waals surface area contributed by atoms with Crippen LogP contribution in [0.4, 0.5) is 4.39 Å². The molecule has 0 aliphatic heterocycles. The van der Waals surface area contributed by atoms with Crippen LogP contribution in [0.15, 0.2) is 42.0 Å². The Labute approximate surface area is 118 Å². The summed E-state index contributed by atoms with van der Waals surface area (Å²) < 4.78 is 14.5. The van der Waals surface area contributed by atoms with Crippen LogP contribution >= 0.6 is 11.3 Å². The number of hydrogen-bond donors (Lipinski definition) is 1. The Bertz CT molecular complexity index is 732. The molecular weight excluding hydrogens is 277 g/mol. The number of imidazole rings is 1. The van der Waals surface area contributed by atoms with E-state index in [1.54, 1.807) is 34.3 Å². The lowest BCUT2D eigenvalue weighted by molar-refractivity contribution is 0.0948. The third kappa shape index (κ3) is 2.55. The summed E-state index contributed by atoms with van der Waals surface area (Å²) in [6.07, 6.45) is 4.10. The van der Waals surface area contributed by atoms with E-state index in [4.69, 9.17) is 0 Å². The van der Waals surface area contributed by atoms with Crippen molar-refractivity contribution in [2.24, 2.45) is 0 Å². The van der Waals surface area contributed by atoms with Gasteiger partial charge in [0.25, 0.3) is 5.91 Å².